The molecule has 0 spiro atoms. The van der Waals surface area contributed by atoms with E-state index in [1.165, 1.54) is 5.56 Å². The van der Waals surface area contributed by atoms with Crippen LogP contribution in [0.3, 0.4) is 0 Å². The average Bonchev–Trinajstić information content (AvgIpc) is 3.58. The van der Waals surface area contributed by atoms with Crippen LogP contribution in [0.4, 0.5) is 10.8 Å². The zero-order chi connectivity index (χ0) is 24.0. The van der Waals surface area contributed by atoms with Crippen LogP contribution in [0.1, 0.15) is 11.3 Å². The molecule has 9 heteroatoms. The van der Waals surface area contributed by atoms with E-state index in [0.29, 0.717) is 6.54 Å². The number of nitrogens with zero attached hydrogens (tertiary/aromatic N) is 5. The predicted molar refractivity (Wildman–Crippen MR) is 140 cm³/mol. The summed E-state index contributed by atoms with van der Waals surface area (Å²) in [6.07, 6.45) is 2.03. The second kappa shape index (κ2) is 10.8. The number of ether oxygens (including phenoxy) is 2. The van der Waals surface area contributed by atoms with Gasteiger partial charge in [0, 0.05) is 50.7 Å². The lowest BCUT2D eigenvalue weighted by atomic mass is 10.2. The molecule has 0 bridgehead atoms. The Morgan fingerprint density at radius 1 is 0.886 bits per heavy atom. The molecular weight excluding hydrogens is 460 g/mol. The fourth-order valence-electron chi connectivity index (χ4n) is 4.25. The SMILES string of the molecule is COc1ccc(NCc2cccn2-c2nnc(N3CCN(Cc4ccccc4)CC3)s2)c(OC)c1. The molecule has 5 rings (SSSR count). The van der Waals surface area contributed by atoms with E-state index in [9.17, 15) is 0 Å². The zero-order valence-electron chi connectivity index (χ0n) is 20.1. The van der Waals surface area contributed by atoms with Crippen molar-refractivity contribution in [3.8, 4) is 16.6 Å². The van der Waals surface area contributed by atoms with E-state index in [1.807, 2.05) is 30.5 Å². The minimum atomic E-state index is 0.628. The molecule has 1 aliphatic rings. The summed E-state index contributed by atoms with van der Waals surface area (Å²) in [6.45, 7) is 5.58. The Kier molecular flexibility index (Phi) is 7.15. The molecular formula is C26H30N6O2S. The third kappa shape index (κ3) is 5.41. The number of piperazine rings is 1. The van der Waals surface area contributed by atoms with Gasteiger partial charge in [-0.25, -0.2) is 0 Å². The maximum Gasteiger partial charge on any atom is 0.218 e. The van der Waals surface area contributed by atoms with Gasteiger partial charge in [-0.15, -0.1) is 10.2 Å². The van der Waals surface area contributed by atoms with E-state index in [0.717, 1.165) is 65.9 Å². The fourth-order valence-corrected chi connectivity index (χ4v) is 5.16. The fraction of sp³-hybridized carbons (Fsp3) is 0.308. The predicted octanol–water partition coefficient (Wildman–Crippen LogP) is 4.28. The summed E-state index contributed by atoms with van der Waals surface area (Å²) in [5, 5.41) is 14.3. The highest BCUT2D eigenvalue weighted by atomic mass is 32.1. The molecule has 1 N–H and O–H groups in total. The molecule has 2 aromatic heterocycles. The minimum absolute atomic E-state index is 0.628. The Labute approximate surface area is 209 Å². The lowest BCUT2D eigenvalue weighted by molar-refractivity contribution is 0.249. The van der Waals surface area contributed by atoms with Crippen LogP contribution in [0.25, 0.3) is 5.13 Å². The number of nitrogens with one attached hydrogen (secondary N) is 1. The highest BCUT2D eigenvalue weighted by Gasteiger charge is 2.21. The standard InChI is InChI=1S/C26H30N6O2S/c1-33-22-10-11-23(24(17-22)34-2)27-18-21-9-6-12-32(21)26-29-28-25(35-26)31-15-13-30(14-16-31)19-20-7-4-3-5-8-20/h3-12,17,27H,13-16,18-19H2,1-2H3. The van der Waals surface area contributed by atoms with Crippen molar-refractivity contribution in [3.05, 3.63) is 78.1 Å². The van der Waals surface area contributed by atoms with E-state index in [2.05, 4.69) is 66.3 Å². The molecule has 0 radical (unpaired) electrons. The van der Waals surface area contributed by atoms with E-state index in [4.69, 9.17) is 9.47 Å². The maximum atomic E-state index is 5.51. The first-order valence-corrected chi connectivity index (χ1v) is 12.5. The van der Waals surface area contributed by atoms with Gasteiger partial charge in [0.2, 0.25) is 10.3 Å². The van der Waals surface area contributed by atoms with Crippen LogP contribution in [-0.2, 0) is 13.1 Å². The van der Waals surface area contributed by atoms with Crippen LogP contribution in [0.15, 0.2) is 66.9 Å². The Bertz CT molecular complexity index is 1230. The van der Waals surface area contributed by atoms with Gasteiger partial charge in [-0.2, -0.15) is 0 Å². The maximum absolute atomic E-state index is 5.51. The number of benzene rings is 2. The lowest BCUT2D eigenvalue weighted by Crippen LogP contribution is -2.45. The second-order valence-electron chi connectivity index (χ2n) is 8.41. The summed E-state index contributed by atoms with van der Waals surface area (Å²) in [6, 6.07) is 20.5. The molecule has 2 aromatic carbocycles. The van der Waals surface area contributed by atoms with Crippen molar-refractivity contribution in [1.82, 2.24) is 19.7 Å². The first-order chi connectivity index (χ1) is 17.2. The largest absolute Gasteiger partial charge is 0.497 e. The summed E-state index contributed by atoms with van der Waals surface area (Å²) in [7, 11) is 3.31. The highest BCUT2D eigenvalue weighted by Crippen LogP contribution is 2.30. The topological polar surface area (TPSA) is 67.7 Å². The van der Waals surface area contributed by atoms with E-state index in [-0.39, 0.29) is 0 Å². The van der Waals surface area contributed by atoms with Crippen molar-refractivity contribution < 1.29 is 9.47 Å². The molecule has 0 saturated carbocycles. The monoisotopic (exact) mass is 490 g/mol. The number of rotatable bonds is 9. The van der Waals surface area contributed by atoms with Gasteiger partial charge >= 0.3 is 0 Å². The molecule has 3 heterocycles. The quantitative estimate of drug-likeness (QED) is 0.376. The Morgan fingerprint density at radius 3 is 2.46 bits per heavy atom. The van der Waals surface area contributed by atoms with Crippen molar-refractivity contribution in [2.24, 2.45) is 0 Å². The summed E-state index contributed by atoms with van der Waals surface area (Å²) < 4.78 is 12.9. The second-order valence-corrected chi connectivity index (χ2v) is 9.34. The van der Waals surface area contributed by atoms with Crippen LogP contribution in [0, 0.1) is 0 Å². The molecule has 1 fully saturated rings. The molecule has 35 heavy (non-hydrogen) atoms. The zero-order valence-corrected chi connectivity index (χ0v) is 20.9. The van der Waals surface area contributed by atoms with Gasteiger partial charge in [-0.1, -0.05) is 41.7 Å². The summed E-state index contributed by atoms with van der Waals surface area (Å²) in [5.74, 6) is 1.50. The summed E-state index contributed by atoms with van der Waals surface area (Å²) >= 11 is 1.63. The number of methoxy groups -OCH3 is 2. The Morgan fingerprint density at radius 2 is 1.69 bits per heavy atom. The lowest BCUT2D eigenvalue weighted by Gasteiger charge is -2.34. The van der Waals surface area contributed by atoms with Crippen LogP contribution in [0.2, 0.25) is 0 Å². The minimum Gasteiger partial charge on any atom is -0.497 e. The van der Waals surface area contributed by atoms with E-state index >= 15 is 0 Å². The van der Waals surface area contributed by atoms with Gasteiger partial charge < -0.3 is 19.7 Å². The van der Waals surface area contributed by atoms with Crippen molar-refractivity contribution in [2.75, 3.05) is 50.6 Å². The van der Waals surface area contributed by atoms with Crippen molar-refractivity contribution >= 4 is 22.2 Å². The van der Waals surface area contributed by atoms with Gasteiger partial charge in [-0.05, 0) is 29.8 Å². The van der Waals surface area contributed by atoms with E-state index < -0.39 is 0 Å². The Balaban J connectivity index is 1.21. The smallest absolute Gasteiger partial charge is 0.218 e. The average molecular weight is 491 g/mol. The molecule has 0 aliphatic carbocycles. The summed E-state index contributed by atoms with van der Waals surface area (Å²) in [4.78, 5) is 4.84. The molecule has 182 valence electrons. The number of aromatic nitrogens is 3. The van der Waals surface area contributed by atoms with Gasteiger partial charge in [0.1, 0.15) is 11.5 Å². The molecule has 8 nitrogen and oxygen atoms in total. The molecule has 0 unspecified atom stereocenters. The molecule has 4 aromatic rings. The van der Waals surface area contributed by atoms with Crippen LogP contribution >= 0.6 is 11.3 Å². The molecule has 1 aliphatic heterocycles. The van der Waals surface area contributed by atoms with Gasteiger partial charge in [0.15, 0.2) is 0 Å². The van der Waals surface area contributed by atoms with Crippen LogP contribution in [-0.4, -0.2) is 60.1 Å². The van der Waals surface area contributed by atoms with Gasteiger partial charge in [-0.3, -0.25) is 9.47 Å². The highest BCUT2D eigenvalue weighted by molar-refractivity contribution is 7.17. The van der Waals surface area contributed by atoms with Crippen molar-refractivity contribution in [1.29, 1.82) is 0 Å². The van der Waals surface area contributed by atoms with Crippen LogP contribution in [0.5, 0.6) is 11.5 Å². The van der Waals surface area contributed by atoms with Gasteiger partial charge in [0.25, 0.3) is 0 Å². The van der Waals surface area contributed by atoms with E-state index in [1.54, 1.807) is 25.6 Å². The number of hydrogen-bond acceptors (Lipinski definition) is 8. The summed E-state index contributed by atoms with van der Waals surface area (Å²) in [5.41, 5.74) is 3.37. The van der Waals surface area contributed by atoms with Gasteiger partial charge in [0.05, 0.1) is 26.5 Å². The Hall–Kier alpha value is -3.56. The van der Waals surface area contributed by atoms with Crippen molar-refractivity contribution in [3.63, 3.8) is 0 Å². The first-order valence-electron chi connectivity index (χ1n) is 11.7. The first kappa shape index (κ1) is 23.2. The normalized spacial score (nSPS) is 14.2. The third-order valence-corrected chi connectivity index (χ3v) is 7.19. The molecule has 0 atom stereocenters. The molecule has 1 saturated heterocycles. The van der Waals surface area contributed by atoms with Crippen molar-refractivity contribution in [2.45, 2.75) is 13.1 Å². The van der Waals surface area contributed by atoms with Crippen LogP contribution < -0.4 is 19.7 Å². The third-order valence-electron chi connectivity index (χ3n) is 6.20. The number of hydrogen-bond donors (Lipinski definition) is 1. The molecule has 0 amide bonds. The number of anilines is 2.